The molecule has 0 bridgehead atoms. The maximum atomic E-state index is 6.03. The number of rotatable bonds is 6. The van der Waals surface area contributed by atoms with Crippen molar-refractivity contribution in [2.75, 3.05) is 0 Å². The van der Waals surface area contributed by atoms with Crippen LogP contribution in [0.5, 0.6) is 5.75 Å². The molecular formula is C16H21BrN2O2. The van der Waals surface area contributed by atoms with Crippen LogP contribution in [-0.2, 0) is 13.0 Å². The largest absolute Gasteiger partial charge is 0.489 e. The Morgan fingerprint density at radius 3 is 2.76 bits per heavy atom. The van der Waals surface area contributed by atoms with E-state index in [9.17, 15) is 0 Å². The molecule has 0 radical (unpaired) electrons. The van der Waals surface area contributed by atoms with E-state index in [0.29, 0.717) is 6.61 Å². The van der Waals surface area contributed by atoms with Crippen LogP contribution in [0.3, 0.4) is 0 Å². The first kappa shape index (κ1) is 16.0. The van der Waals surface area contributed by atoms with Crippen LogP contribution in [0.25, 0.3) is 0 Å². The van der Waals surface area contributed by atoms with E-state index in [4.69, 9.17) is 15.0 Å². The maximum Gasteiger partial charge on any atom is 0.140 e. The van der Waals surface area contributed by atoms with Crippen LogP contribution in [0.15, 0.2) is 27.2 Å². The smallest absolute Gasteiger partial charge is 0.140 e. The van der Waals surface area contributed by atoms with E-state index in [0.717, 1.165) is 40.1 Å². The average molecular weight is 353 g/mol. The maximum absolute atomic E-state index is 6.03. The Kier molecular flexibility index (Phi) is 5.42. The van der Waals surface area contributed by atoms with Crippen molar-refractivity contribution >= 4 is 15.9 Å². The van der Waals surface area contributed by atoms with Gasteiger partial charge in [-0.2, -0.15) is 0 Å². The summed E-state index contributed by atoms with van der Waals surface area (Å²) >= 11 is 3.57. The van der Waals surface area contributed by atoms with Crippen molar-refractivity contribution in [2.24, 2.45) is 5.73 Å². The van der Waals surface area contributed by atoms with Gasteiger partial charge >= 0.3 is 0 Å². The Hall–Kier alpha value is -1.33. The van der Waals surface area contributed by atoms with E-state index in [2.05, 4.69) is 28.0 Å². The lowest BCUT2D eigenvalue weighted by molar-refractivity contribution is 0.301. The standard InChI is InChI=1S/C16H21BrN2O2/c1-4-13(18)7-12-8-14(5-6-16(12)17)20-9-15-10(2)19-21-11(15)3/h5-6,8,13H,4,7,9,18H2,1-3H3. The molecule has 2 aromatic rings. The number of nitrogens with zero attached hydrogens (tertiary/aromatic N) is 1. The Labute approximate surface area is 133 Å². The molecule has 0 saturated heterocycles. The zero-order chi connectivity index (χ0) is 15.4. The van der Waals surface area contributed by atoms with Crippen molar-refractivity contribution in [3.8, 4) is 5.75 Å². The fraction of sp³-hybridized carbons (Fsp3) is 0.438. The first-order valence-corrected chi connectivity index (χ1v) is 7.89. The van der Waals surface area contributed by atoms with Crippen molar-refractivity contribution < 1.29 is 9.26 Å². The molecule has 4 nitrogen and oxygen atoms in total. The second-order valence-electron chi connectivity index (χ2n) is 5.22. The molecule has 0 spiro atoms. The van der Waals surface area contributed by atoms with Gasteiger partial charge in [0.15, 0.2) is 0 Å². The number of hydrogen-bond donors (Lipinski definition) is 1. The van der Waals surface area contributed by atoms with Crippen LogP contribution < -0.4 is 10.5 Å². The van der Waals surface area contributed by atoms with Gasteiger partial charge in [0.25, 0.3) is 0 Å². The Bertz CT molecular complexity index is 591. The quantitative estimate of drug-likeness (QED) is 0.855. The molecule has 0 saturated carbocycles. The van der Waals surface area contributed by atoms with Gasteiger partial charge < -0.3 is 15.0 Å². The van der Waals surface area contributed by atoms with Crippen molar-refractivity contribution in [1.29, 1.82) is 0 Å². The lowest BCUT2D eigenvalue weighted by Crippen LogP contribution is -2.21. The Morgan fingerprint density at radius 2 is 2.14 bits per heavy atom. The molecule has 1 aromatic heterocycles. The summed E-state index contributed by atoms with van der Waals surface area (Å²) < 4.78 is 12.1. The van der Waals surface area contributed by atoms with Gasteiger partial charge in [-0.3, -0.25) is 0 Å². The zero-order valence-electron chi connectivity index (χ0n) is 12.6. The Morgan fingerprint density at radius 1 is 1.38 bits per heavy atom. The van der Waals surface area contributed by atoms with Crippen LogP contribution in [-0.4, -0.2) is 11.2 Å². The van der Waals surface area contributed by atoms with Crippen LogP contribution in [0.4, 0.5) is 0 Å². The number of aryl methyl sites for hydroxylation is 2. The second kappa shape index (κ2) is 7.09. The average Bonchev–Trinajstić information content (AvgIpc) is 2.79. The van der Waals surface area contributed by atoms with Crippen molar-refractivity contribution in [1.82, 2.24) is 5.16 Å². The Balaban J connectivity index is 2.09. The first-order valence-electron chi connectivity index (χ1n) is 7.09. The summed E-state index contributed by atoms with van der Waals surface area (Å²) in [5, 5.41) is 3.93. The molecular weight excluding hydrogens is 332 g/mol. The first-order chi connectivity index (χ1) is 10.0. The lowest BCUT2D eigenvalue weighted by Gasteiger charge is -2.13. The van der Waals surface area contributed by atoms with E-state index in [1.54, 1.807) is 0 Å². The predicted octanol–water partition coefficient (Wildman–Crippen LogP) is 3.91. The highest BCUT2D eigenvalue weighted by atomic mass is 79.9. The van der Waals surface area contributed by atoms with Crippen LogP contribution in [0.2, 0.25) is 0 Å². The molecule has 0 aliphatic heterocycles. The highest BCUT2D eigenvalue weighted by Crippen LogP contribution is 2.25. The monoisotopic (exact) mass is 352 g/mol. The highest BCUT2D eigenvalue weighted by Gasteiger charge is 2.11. The van der Waals surface area contributed by atoms with E-state index in [1.165, 1.54) is 5.56 Å². The number of benzene rings is 1. The molecule has 5 heteroatoms. The molecule has 0 aliphatic carbocycles. The van der Waals surface area contributed by atoms with Gasteiger partial charge in [-0.05, 0) is 50.5 Å². The van der Waals surface area contributed by atoms with E-state index in [1.807, 2.05) is 32.0 Å². The molecule has 21 heavy (non-hydrogen) atoms. The fourth-order valence-electron chi connectivity index (χ4n) is 2.09. The van der Waals surface area contributed by atoms with Crippen molar-refractivity contribution in [3.63, 3.8) is 0 Å². The van der Waals surface area contributed by atoms with Crippen LogP contribution in [0, 0.1) is 13.8 Å². The van der Waals surface area contributed by atoms with Crippen molar-refractivity contribution in [3.05, 3.63) is 45.3 Å². The summed E-state index contributed by atoms with van der Waals surface area (Å²) in [7, 11) is 0. The third-order valence-corrected chi connectivity index (χ3v) is 4.36. The molecule has 1 heterocycles. The number of ether oxygens (including phenoxy) is 1. The SMILES string of the molecule is CCC(N)Cc1cc(OCc2c(C)noc2C)ccc1Br. The van der Waals surface area contributed by atoms with Crippen molar-refractivity contribution in [2.45, 2.75) is 46.3 Å². The van der Waals surface area contributed by atoms with Gasteiger partial charge in [0.1, 0.15) is 18.1 Å². The summed E-state index contributed by atoms with van der Waals surface area (Å²) in [6.07, 6.45) is 1.79. The van der Waals surface area contributed by atoms with Gasteiger partial charge in [0, 0.05) is 10.5 Å². The number of hydrogen-bond acceptors (Lipinski definition) is 4. The molecule has 1 aromatic carbocycles. The fourth-order valence-corrected chi connectivity index (χ4v) is 2.50. The number of nitrogens with two attached hydrogens (primary N) is 1. The third kappa shape index (κ3) is 4.08. The minimum Gasteiger partial charge on any atom is -0.489 e. The van der Waals surface area contributed by atoms with Crippen LogP contribution >= 0.6 is 15.9 Å². The molecule has 0 fully saturated rings. The van der Waals surface area contributed by atoms with Crippen LogP contribution in [0.1, 0.15) is 35.9 Å². The number of halogens is 1. The van der Waals surface area contributed by atoms with Gasteiger partial charge in [-0.25, -0.2) is 0 Å². The molecule has 2 rings (SSSR count). The summed E-state index contributed by atoms with van der Waals surface area (Å²) in [5.74, 6) is 1.63. The van der Waals surface area contributed by atoms with Gasteiger partial charge in [0.05, 0.1) is 11.3 Å². The molecule has 114 valence electrons. The van der Waals surface area contributed by atoms with Gasteiger partial charge in [-0.15, -0.1) is 0 Å². The topological polar surface area (TPSA) is 61.3 Å². The second-order valence-corrected chi connectivity index (χ2v) is 6.07. The molecule has 2 N–H and O–H groups in total. The lowest BCUT2D eigenvalue weighted by atomic mass is 10.0. The third-order valence-electron chi connectivity index (χ3n) is 3.59. The molecule has 1 atom stereocenters. The predicted molar refractivity (Wildman–Crippen MR) is 86.4 cm³/mol. The molecule has 0 amide bonds. The van der Waals surface area contributed by atoms with E-state index in [-0.39, 0.29) is 6.04 Å². The molecule has 0 aliphatic rings. The normalized spacial score (nSPS) is 12.4. The van der Waals surface area contributed by atoms with Gasteiger partial charge in [0.2, 0.25) is 0 Å². The molecule has 1 unspecified atom stereocenters. The van der Waals surface area contributed by atoms with E-state index >= 15 is 0 Å². The highest BCUT2D eigenvalue weighted by molar-refractivity contribution is 9.10. The summed E-state index contributed by atoms with van der Waals surface area (Å²) in [5.41, 5.74) is 9.08. The minimum atomic E-state index is 0.166. The minimum absolute atomic E-state index is 0.166. The summed E-state index contributed by atoms with van der Waals surface area (Å²) in [6.45, 7) is 6.37. The summed E-state index contributed by atoms with van der Waals surface area (Å²) in [4.78, 5) is 0. The summed E-state index contributed by atoms with van der Waals surface area (Å²) in [6, 6.07) is 6.15. The van der Waals surface area contributed by atoms with Gasteiger partial charge in [-0.1, -0.05) is 28.0 Å². The zero-order valence-corrected chi connectivity index (χ0v) is 14.2. The van der Waals surface area contributed by atoms with E-state index < -0.39 is 0 Å². The number of aromatic nitrogens is 1.